The zero-order chi connectivity index (χ0) is 13.2. The summed E-state index contributed by atoms with van der Waals surface area (Å²) in [7, 11) is 0. The van der Waals surface area contributed by atoms with Crippen LogP contribution in [0.15, 0.2) is 28.9 Å². The lowest BCUT2D eigenvalue weighted by Gasteiger charge is -2.04. The molecule has 1 aliphatic rings. The van der Waals surface area contributed by atoms with Gasteiger partial charge in [-0.1, -0.05) is 0 Å². The van der Waals surface area contributed by atoms with Crippen molar-refractivity contribution in [3.63, 3.8) is 0 Å². The van der Waals surface area contributed by atoms with Crippen LogP contribution in [0, 0.1) is 0 Å². The van der Waals surface area contributed by atoms with Gasteiger partial charge in [0, 0.05) is 20.4 Å². The quantitative estimate of drug-likeness (QED) is 0.934. The molecule has 1 N–H and O–H groups in total. The molecular formula is C14H13BrN2OS. The highest BCUT2D eigenvalue weighted by Gasteiger charge is 2.16. The number of fused-ring (bicyclic) bond motifs is 1. The Kier molecular flexibility index (Phi) is 3.66. The molecule has 0 aromatic carbocycles. The van der Waals surface area contributed by atoms with Gasteiger partial charge in [-0.25, -0.2) is 4.98 Å². The number of halogens is 1. The Morgan fingerprint density at radius 1 is 1.47 bits per heavy atom. The van der Waals surface area contributed by atoms with Gasteiger partial charge < -0.3 is 5.32 Å². The predicted molar refractivity (Wildman–Crippen MR) is 79.5 cm³/mol. The predicted octanol–water partition coefficient (Wildman–Crippen LogP) is 3.32. The minimum Gasteiger partial charge on any atom is -0.346 e. The van der Waals surface area contributed by atoms with Crippen LogP contribution in [0.2, 0.25) is 0 Å². The summed E-state index contributed by atoms with van der Waals surface area (Å²) >= 11 is 5.15. The van der Waals surface area contributed by atoms with E-state index >= 15 is 0 Å². The van der Waals surface area contributed by atoms with Gasteiger partial charge in [0.25, 0.3) is 5.91 Å². The number of nitrogens with zero attached hydrogens (tertiary/aromatic N) is 1. The Labute approximate surface area is 124 Å². The molecule has 0 saturated heterocycles. The van der Waals surface area contributed by atoms with Crippen molar-refractivity contribution in [2.24, 2.45) is 0 Å². The van der Waals surface area contributed by atoms with Gasteiger partial charge in [0.2, 0.25) is 0 Å². The van der Waals surface area contributed by atoms with Crippen molar-refractivity contribution in [3.05, 3.63) is 49.9 Å². The third kappa shape index (κ3) is 2.72. The summed E-state index contributed by atoms with van der Waals surface area (Å²) in [5.41, 5.74) is 1.90. The number of hydrogen-bond donors (Lipinski definition) is 1. The van der Waals surface area contributed by atoms with Crippen LogP contribution in [0.3, 0.4) is 0 Å². The summed E-state index contributed by atoms with van der Waals surface area (Å²) in [6.07, 6.45) is 5.28. The number of carbonyl (C=O) groups excluding carboxylic acids is 1. The average molecular weight is 337 g/mol. The second-order valence-corrected chi connectivity index (χ2v) is 6.61. The third-order valence-electron chi connectivity index (χ3n) is 3.19. The van der Waals surface area contributed by atoms with Crippen LogP contribution in [0.5, 0.6) is 0 Å². The lowest BCUT2D eigenvalue weighted by Crippen LogP contribution is -2.23. The first-order chi connectivity index (χ1) is 9.24. The molecule has 2 heterocycles. The van der Waals surface area contributed by atoms with Gasteiger partial charge in [0.15, 0.2) is 0 Å². The van der Waals surface area contributed by atoms with Gasteiger partial charge in [0.1, 0.15) is 5.69 Å². The molecule has 0 atom stereocenters. The Hall–Kier alpha value is -1.20. The topological polar surface area (TPSA) is 42.0 Å². The van der Waals surface area contributed by atoms with E-state index in [-0.39, 0.29) is 5.91 Å². The second-order valence-electron chi connectivity index (χ2n) is 4.53. The maximum absolute atomic E-state index is 12.0. The summed E-state index contributed by atoms with van der Waals surface area (Å²) in [5, 5.41) is 2.92. The minimum absolute atomic E-state index is 0.138. The number of hydrogen-bond acceptors (Lipinski definition) is 3. The van der Waals surface area contributed by atoms with Crippen molar-refractivity contribution in [1.29, 1.82) is 0 Å². The van der Waals surface area contributed by atoms with E-state index in [1.54, 1.807) is 12.3 Å². The Morgan fingerprint density at radius 2 is 2.37 bits per heavy atom. The third-order valence-corrected chi connectivity index (χ3v) is 5.07. The Morgan fingerprint density at radius 3 is 3.16 bits per heavy atom. The largest absolute Gasteiger partial charge is 0.346 e. The monoisotopic (exact) mass is 336 g/mol. The molecule has 0 aliphatic heterocycles. The number of aromatic nitrogens is 1. The molecule has 0 fully saturated rings. The standard InChI is InChI=1S/C14H13BrN2OS/c15-11-4-2-6-16-13(11)14(18)17-8-10-7-9-3-1-5-12(9)19-10/h2,4,6-7H,1,3,5,8H2,(H,17,18). The lowest BCUT2D eigenvalue weighted by atomic mass is 10.2. The van der Waals surface area contributed by atoms with Crippen LogP contribution in [-0.2, 0) is 19.4 Å². The van der Waals surface area contributed by atoms with Gasteiger partial charge in [-0.3, -0.25) is 4.79 Å². The highest BCUT2D eigenvalue weighted by molar-refractivity contribution is 9.10. The molecule has 0 saturated carbocycles. The fraction of sp³-hybridized carbons (Fsp3) is 0.286. The van der Waals surface area contributed by atoms with Crippen molar-refractivity contribution in [3.8, 4) is 0 Å². The molecule has 0 spiro atoms. The lowest BCUT2D eigenvalue weighted by molar-refractivity contribution is 0.0945. The fourth-order valence-electron chi connectivity index (χ4n) is 2.28. The summed E-state index contributed by atoms with van der Waals surface area (Å²) in [6, 6.07) is 5.84. The van der Waals surface area contributed by atoms with E-state index in [9.17, 15) is 4.79 Å². The molecule has 98 valence electrons. The fourth-order valence-corrected chi connectivity index (χ4v) is 3.92. The van der Waals surface area contributed by atoms with Crippen LogP contribution < -0.4 is 5.32 Å². The van der Waals surface area contributed by atoms with Crippen LogP contribution in [0.25, 0.3) is 0 Å². The molecule has 5 heteroatoms. The number of amides is 1. The second kappa shape index (κ2) is 5.43. The molecule has 3 nitrogen and oxygen atoms in total. The molecule has 1 aliphatic carbocycles. The highest BCUT2D eigenvalue weighted by Crippen LogP contribution is 2.30. The van der Waals surface area contributed by atoms with Gasteiger partial charge >= 0.3 is 0 Å². The van der Waals surface area contributed by atoms with Crippen molar-refractivity contribution >= 4 is 33.2 Å². The van der Waals surface area contributed by atoms with Crippen LogP contribution in [0.1, 0.15) is 32.2 Å². The smallest absolute Gasteiger partial charge is 0.271 e. The molecule has 0 bridgehead atoms. The maximum Gasteiger partial charge on any atom is 0.271 e. The van der Waals surface area contributed by atoms with E-state index < -0.39 is 0 Å². The average Bonchev–Trinajstić information content (AvgIpc) is 2.97. The van der Waals surface area contributed by atoms with Gasteiger partial charge in [-0.2, -0.15) is 0 Å². The van der Waals surface area contributed by atoms with Gasteiger partial charge in [-0.05, 0) is 59.0 Å². The molecule has 3 rings (SSSR count). The highest BCUT2D eigenvalue weighted by atomic mass is 79.9. The maximum atomic E-state index is 12.0. The molecule has 1 amide bonds. The van der Waals surface area contributed by atoms with Crippen LogP contribution in [-0.4, -0.2) is 10.9 Å². The summed E-state index contributed by atoms with van der Waals surface area (Å²) in [5.74, 6) is -0.138. The van der Waals surface area contributed by atoms with E-state index in [1.807, 2.05) is 17.4 Å². The Balaban J connectivity index is 1.66. The van der Waals surface area contributed by atoms with Gasteiger partial charge in [0.05, 0.1) is 6.54 Å². The van der Waals surface area contributed by atoms with E-state index in [1.165, 1.54) is 34.6 Å². The van der Waals surface area contributed by atoms with Gasteiger partial charge in [-0.15, -0.1) is 11.3 Å². The van der Waals surface area contributed by atoms with Crippen LogP contribution >= 0.6 is 27.3 Å². The molecule has 19 heavy (non-hydrogen) atoms. The molecule has 0 unspecified atom stereocenters. The molecule has 2 aromatic heterocycles. The van der Waals surface area contributed by atoms with Crippen molar-refractivity contribution < 1.29 is 4.79 Å². The molecular weight excluding hydrogens is 324 g/mol. The van der Waals surface area contributed by atoms with E-state index in [2.05, 4.69) is 32.3 Å². The number of rotatable bonds is 3. The normalized spacial score (nSPS) is 13.3. The number of pyridine rings is 1. The van der Waals surface area contributed by atoms with Crippen molar-refractivity contribution in [2.45, 2.75) is 25.8 Å². The summed E-state index contributed by atoms with van der Waals surface area (Å²) in [6.45, 7) is 0.583. The first-order valence-corrected chi connectivity index (χ1v) is 7.84. The first-order valence-electron chi connectivity index (χ1n) is 6.23. The van der Waals surface area contributed by atoms with Crippen molar-refractivity contribution in [2.75, 3.05) is 0 Å². The molecule has 2 aromatic rings. The SMILES string of the molecule is O=C(NCc1cc2c(s1)CCC2)c1ncccc1Br. The van der Waals surface area contributed by atoms with E-state index in [4.69, 9.17) is 0 Å². The van der Waals surface area contributed by atoms with Crippen LogP contribution in [0.4, 0.5) is 0 Å². The summed E-state index contributed by atoms with van der Waals surface area (Å²) < 4.78 is 0.723. The van der Waals surface area contributed by atoms with Crippen molar-refractivity contribution in [1.82, 2.24) is 10.3 Å². The zero-order valence-electron chi connectivity index (χ0n) is 10.3. The zero-order valence-corrected chi connectivity index (χ0v) is 12.7. The Bertz CT molecular complexity index is 602. The van der Waals surface area contributed by atoms with E-state index in [0.717, 1.165) is 4.47 Å². The number of thiophene rings is 1. The van der Waals surface area contributed by atoms with E-state index in [0.29, 0.717) is 12.2 Å². The number of aryl methyl sites for hydroxylation is 2. The number of nitrogens with one attached hydrogen (secondary N) is 1. The molecule has 0 radical (unpaired) electrons. The number of carbonyl (C=O) groups is 1. The first kappa shape index (κ1) is 12.8. The minimum atomic E-state index is -0.138. The summed E-state index contributed by atoms with van der Waals surface area (Å²) in [4.78, 5) is 18.8.